The molecule has 0 spiro atoms. The number of amides is 1. The number of nitrogens with zero attached hydrogens (tertiary/aromatic N) is 4. The van der Waals surface area contributed by atoms with Crippen LogP contribution in [0.2, 0.25) is 5.28 Å². The van der Waals surface area contributed by atoms with Gasteiger partial charge in [-0.05, 0) is 42.0 Å². The summed E-state index contributed by atoms with van der Waals surface area (Å²) in [5, 5.41) is 2.90. The molecule has 30 heavy (non-hydrogen) atoms. The Morgan fingerprint density at radius 1 is 1.10 bits per heavy atom. The highest BCUT2D eigenvalue weighted by Gasteiger charge is 2.20. The number of carbonyl (C=O) groups excluding carboxylic acids is 1. The van der Waals surface area contributed by atoms with Crippen LogP contribution >= 0.6 is 11.6 Å². The Morgan fingerprint density at radius 2 is 1.73 bits per heavy atom. The zero-order valence-electron chi connectivity index (χ0n) is 17.8. The number of hydrogen-bond acceptors (Lipinski definition) is 4. The van der Waals surface area contributed by atoms with Gasteiger partial charge < -0.3 is 5.32 Å². The summed E-state index contributed by atoms with van der Waals surface area (Å²) in [5.74, 6) is 0.265. The van der Waals surface area contributed by atoms with Crippen molar-refractivity contribution in [3.05, 3.63) is 61.5 Å². The Labute approximate surface area is 179 Å². The molecule has 3 aromatic rings. The molecule has 0 fully saturated rings. The highest BCUT2D eigenvalue weighted by molar-refractivity contribution is 6.29. The number of halogens is 1. The average Bonchev–Trinajstić information content (AvgIpc) is 3.01. The Morgan fingerprint density at radius 3 is 2.33 bits per heavy atom. The molecule has 0 aliphatic carbocycles. The third kappa shape index (κ3) is 4.18. The normalized spacial score (nSPS) is 12.5. The molecule has 2 aromatic heterocycles. The van der Waals surface area contributed by atoms with Gasteiger partial charge in [-0.15, -0.1) is 0 Å². The molecule has 0 saturated carbocycles. The smallest absolute Gasteiger partial charge is 0.332 e. The van der Waals surface area contributed by atoms with Crippen LogP contribution in [0.5, 0.6) is 0 Å². The Kier molecular flexibility index (Phi) is 6.17. The highest BCUT2D eigenvalue weighted by atomic mass is 35.5. The number of fused-ring (bicyclic) bond motifs is 1. The fraction of sp³-hybridized carbons (Fsp3) is 0.429. The third-order valence-corrected chi connectivity index (χ3v) is 5.39. The molecule has 1 atom stereocenters. The number of rotatable bonds is 6. The second-order valence-electron chi connectivity index (χ2n) is 7.97. The minimum Gasteiger partial charge on any atom is -0.348 e. The predicted molar refractivity (Wildman–Crippen MR) is 117 cm³/mol. The van der Waals surface area contributed by atoms with Gasteiger partial charge in [0.2, 0.25) is 11.2 Å². The molecule has 0 radical (unpaired) electrons. The standard InChI is InChI=1S/C21H26ClN5O3/c1-12(2)10-14-6-8-15(9-7-14)13(3)23-16(28)11-27-17-18(24-20(27)22)25(4)21(30)26(5)19(17)29/h6-9,12-13H,10-11H2,1-5H3,(H,23,28). The lowest BCUT2D eigenvalue weighted by Gasteiger charge is -2.16. The predicted octanol–water partition coefficient (Wildman–Crippen LogP) is 2.16. The van der Waals surface area contributed by atoms with Gasteiger partial charge in [0.15, 0.2) is 11.2 Å². The number of carbonyl (C=O) groups is 1. The quantitative estimate of drug-likeness (QED) is 0.605. The molecule has 0 aliphatic heterocycles. The fourth-order valence-corrected chi connectivity index (χ4v) is 3.72. The van der Waals surface area contributed by atoms with Gasteiger partial charge in [-0.1, -0.05) is 38.1 Å². The molecule has 0 aliphatic rings. The summed E-state index contributed by atoms with van der Waals surface area (Å²) in [6.45, 7) is 6.06. The molecule has 1 amide bonds. The van der Waals surface area contributed by atoms with Crippen LogP contribution in [0.25, 0.3) is 11.2 Å². The molecule has 1 N–H and O–H groups in total. The van der Waals surface area contributed by atoms with E-state index < -0.39 is 11.2 Å². The van der Waals surface area contributed by atoms with Gasteiger partial charge in [0.25, 0.3) is 5.56 Å². The summed E-state index contributed by atoms with van der Waals surface area (Å²) in [4.78, 5) is 41.4. The number of hydrogen-bond donors (Lipinski definition) is 1. The van der Waals surface area contributed by atoms with Crippen molar-refractivity contribution in [3.63, 3.8) is 0 Å². The second-order valence-corrected chi connectivity index (χ2v) is 8.31. The SMILES string of the molecule is CC(C)Cc1ccc(C(C)NC(=O)Cn2c(Cl)nc3c2c(=O)n(C)c(=O)n3C)cc1. The Bertz CT molecular complexity index is 1200. The first-order valence-corrected chi connectivity index (χ1v) is 10.2. The Balaban J connectivity index is 1.81. The molecular weight excluding hydrogens is 406 g/mol. The van der Waals surface area contributed by atoms with Gasteiger partial charge in [0.05, 0.1) is 6.04 Å². The van der Waals surface area contributed by atoms with Crippen LogP contribution in [-0.4, -0.2) is 24.6 Å². The largest absolute Gasteiger partial charge is 0.348 e. The molecule has 3 rings (SSSR count). The van der Waals surface area contributed by atoms with E-state index in [2.05, 4.69) is 36.3 Å². The maximum Gasteiger partial charge on any atom is 0.332 e. The van der Waals surface area contributed by atoms with E-state index in [-0.39, 0.29) is 34.9 Å². The lowest BCUT2D eigenvalue weighted by molar-refractivity contribution is -0.122. The van der Waals surface area contributed by atoms with E-state index in [0.717, 1.165) is 16.6 Å². The summed E-state index contributed by atoms with van der Waals surface area (Å²) in [5.41, 5.74) is 1.45. The van der Waals surface area contributed by atoms with Crippen molar-refractivity contribution in [2.75, 3.05) is 0 Å². The first-order chi connectivity index (χ1) is 14.1. The highest BCUT2D eigenvalue weighted by Crippen LogP contribution is 2.17. The zero-order chi connectivity index (χ0) is 22.2. The molecule has 0 bridgehead atoms. The number of aromatic nitrogens is 4. The van der Waals surface area contributed by atoms with Gasteiger partial charge in [0, 0.05) is 14.1 Å². The van der Waals surface area contributed by atoms with E-state index in [0.29, 0.717) is 5.92 Å². The number of imidazole rings is 1. The lowest BCUT2D eigenvalue weighted by atomic mass is 10.00. The van der Waals surface area contributed by atoms with Crippen molar-refractivity contribution >= 4 is 28.7 Å². The monoisotopic (exact) mass is 431 g/mol. The zero-order valence-corrected chi connectivity index (χ0v) is 18.5. The van der Waals surface area contributed by atoms with E-state index in [4.69, 9.17) is 11.6 Å². The van der Waals surface area contributed by atoms with E-state index in [9.17, 15) is 14.4 Å². The van der Waals surface area contributed by atoms with Crippen LogP contribution in [0.3, 0.4) is 0 Å². The minimum atomic E-state index is -0.547. The van der Waals surface area contributed by atoms with Gasteiger partial charge in [0.1, 0.15) is 6.54 Å². The van der Waals surface area contributed by atoms with E-state index in [1.54, 1.807) is 0 Å². The van der Waals surface area contributed by atoms with Crippen LogP contribution in [0.1, 0.15) is 37.9 Å². The van der Waals surface area contributed by atoms with Crippen molar-refractivity contribution in [3.8, 4) is 0 Å². The average molecular weight is 432 g/mol. The van der Waals surface area contributed by atoms with E-state index >= 15 is 0 Å². The van der Waals surface area contributed by atoms with Crippen molar-refractivity contribution in [1.82, 2.24) is 24.0 Å². The summed E-state index contributed by atoms with van der Waals surface area (Å²) in [6.07, 6.45) is 1.00. The maximum absolute atomic E-state index is 12.7. The van der Waals surface area contributed by atoms with E-state index in [1.165, 1.54) is 28.8 Å². The summed E-state index contributed by atoms with van der Waals surface area (Å²) in [7, 11) is 2.88. The Hall–Kier alpha value is -2.87. The molecule has 8 nitrogen and oxygen atoms in total. The van der Waals surface area contributed by atoms with Gasteiger partial charge in [-0.25, -0.2) is 4.79 Å². The van der Waals surface area contributed by atoms with Crippen molar-refractivity contribution < 1.29 is 4.79 Å². The van der Waals surface area contributed by atoms with Crippen LogP contribution < -0.4 is 16.6 Å². The number of aryl methyl sites for hydroxylation is 1. The van der Waals surface area contributed by atoms with Crippen molar-refractivity contribution in [1.29, 1.82) is 0 Å². The number of nitrogens with one attached hydrogen (secondary N) is 1. The summed E-state index contributed by atoms with van der Waals surface area (Å²) < 4.78 is 3.53. The van der Waals surface area contributed by atoms with Crippen LogP contribution in [0.4, 0.5) is 0 Å². The molecule has 1 unspecified atom stereocenters. The third-order valence-electron chi connectivity index (χ3n) is 5.10. The van der Waals surface area contributed by atoms with Crippen molar-refractivity contribution in [2.45, 2.75) is 39.8 Å². The molecule has 2 heterocycles. The first-order valence-electron chi connectivity index (χ1n) is 9.80. The summed E-state index contributed by atoms with van der Waals surface area (Å²) in [6, 6.07) is 7.94. The molecule has 9 heteroatoms. The molecule has 1 aromatic carbocycles. The second kappa shape index (κ2) is 8.47. The number of benzene rings is 1. The summed E-state index contributed by atoms with van der Waals surface area (Å²) >= 11 is 6.18. The molecule has 0 saturated heterocycles. The van der Waals surface area contributed by atoms with Crippen molar-refractivity contribution in [2.24, 2.45) is 20.0 Å². The minimum absolute atomic E-state index is 0.0239. The van der Waals surface area contributed by atoms with E-state index in [1.807, 2.05) is 19.1 Å². The molecule has 160 valence electrons. The maximum atomic E-state index is 12.7. The van der Waals surface area contributed by atoms with Gasteiger partial charge in [-0.3, -0.25) is 23.3 Å². The topological polar surface area (TPSA) is 90.9 Å². The molecular formula is C21H26ClN5O3. The van der Waals surface area contributed by atoms with Gasteiger partial charge >= 0.3 is 5.69 Å². The van der Waals surface area contributed by atoms with Crippen LogP contribution in [0, 0.1) is 5.92 Å². The van der Waals surface area contributed by atoms with Crippen LogP contribution in [0.15, 0.2) is 33.9 Å². The lowest BCUT2D eigenvalue weighted by Crippen LogP contribution is -2.38. The first kappa shape index (κ1) is 21.8. The van der Waals surface area contributed by atoms with Gasteiger partial charge in [-0.2, -0.15) is 4.98 Å². The van der Waals surface area contributed by atoms with Crippen LogP contribution in [-0.2, 0) is 31.9 Å². The fourth-order valence-electron chi connectivity index (χ4n) is 3.49.